The van der Waals surface area contributed by atoms with Crippen LogP contribution in [-0.2, 0) is 34.5 Å². The number of anilines is 4. The molecule has 1 atom stereocenters. The van der Waals surface area contributed by atoms with Crippen LogP contribution in [-0.4, -0.2) is 44.4 Å². The van der Waals surface area contributed by atoms with Crippen LogP contribution in [0.1, 0.15) is 156 Å². The maximum absolute atomic E-state index is 11.3. The number of benzene rings is 4. The molecule has 9 heteroatoms. The van der Waals surface area contributed by atoms with Crippen molar-refractivity contribution in [3.05, 3.63) is 112 Å². The lowest BCUT2D eigenvalue weighted by atomic mass is 9.78. The molecule has 5 aromatic rings. The Morgan fingerprint density at radius 3 is 1.31 bits per heavy atom. The number of phenols is 2. The van der Waals surface area contributed by atoms with Gasteiger partial charge in [0.2, 0.25) is 5.95 Å². The molecule has 0 saturated heterocycles. The van der Waals surface area contributed by atoms with Gasteiger partial charge in [0.25, 0.3) is 0 Å². The number of aromatic hydroxyl groups is 2. The highest BCUT2D eigenvalue weighted by Gasteiger charge is 2.29. The van der Waals surface area contributed by atoms with Gasteiger partial charge < -0.3 is 29.9 Å². The first-order chi connectivity index (χ1) is 29.8. The van der Waals surface area contributed by atoms with Crippen molar-refractivity contribution >= 4 is 23.0 Å². The van der Waals surface area contributed by atoms with E-state index in [1.54, 1.807) is 0 Å². The van der Waals surface area contributed by atoms with Crippen molar-refractivity contribution in [1.29, 1.82) is 0 Å². The second kappa shape index (κ2) is 20.2. The number of nitrogens with zero attached hydrogens (tertiary/aromatic N) is 4. The highest BCUT2D eigenvalue weighted by atomic mass is 16.5. The topological polar surface area (TPSA) is 113 Å². The van der Waals surface area contributed by atoms with Crippen LogP contribution < -0.4 is 19.7 Å². The molecule has 1 heterocycles. The van der Waals surface area contributed by atoms with E-state index in [9.17, 15) is 10.2 Å². The predicted octanol–water partition coefficient (Wildman–Crippen LogP) is 13.8. The van der Waals surface area contributed by atoms with E-state index in [2.05, 4.69) is 163 Å². The van der Waals surface area contributed by atoms with E-state index in [-0.39, 0.29) is 39.7 Å². The number of hydrogen-bond acceptors (Lipinski definition) is 9. The zero-order chi connectivity index (χ0) is 47.2. The zero-order valence-electron chi connectivity index (χ0n) is 41.6. The lowest BCUT2D eigenvalue weighted by Gasteiger charge is -2.31. The Morgan fingerprint density at radius 1 is 0.547 bits per heavy atom. The SMILES string of the molecule is CC(C)CC(C)N(c1ccc(Nc2ccccc2)cc1)c1nc(OCCCc2cc(C(C)(C)C)c(O)c(C(C)(C)C)c2)nc(OCCCc2cc(C(C)(C)C)c(O)c(C(C)(C)C)c2)n1. The molecule has 5 rings (SSSR count). The number of para-hydroxylation sites is 1. The first-order valence-corrected chi connectivity index (χ1v) is 23.3. The molecule has 0 saturated carbocycles. The first kappa shape index (κ1) is 49.7. The Hall–Kier alpha value is -5.31. The Morgan fingerprint density at radius 2 is 0.938 bits per heavy atom. The van der Waals surface area contributed by atoms with Gasteiger partial charge in [-0.25, -0.2) is 0 Å². The lowest BCUT2D eigenvalue weighted by Crippen LogP contribution is -2.31. The monoisotopic (exact) mass is 872 g/mol. The minimum atomic E-state index is -0.208. The van der Waals surface area contributed by atoms with Crippen molar-refractivity contribution in [3.8, 4) is 23.5 Å². The number of aryl methyl sites for hydroxylation is 2. The van der Waals surface area contributed by atoms with E-state index in [0.29, 0.717) is 36.6 Å². The molecule has 0 amide bonds. The Balaban J connectivity index is 1.43. The third kappa shape index (κ3) is 13.4. The first-order valence-electron chi connectivity index (χ1n) is 23.3. The van der Waals surface area contributed by atoms with E-state index >= 15 is 0 Å². The summed E-state index contributed by atoms with van der Waals surface area (Å²) in [5, 5.41) is 26.1. The van der Waals surface area contributed by atoms with Crippen LogP contribution in [0.25, 0.3) is 0 Å². The van der Waals surface area contributed by atoms with Crippen LogP contribution in [0.4, 0.5) is 23.0 Å². The van der Waals surface area contributed by atoms with Crippen molar-refractivity contribution in [2.75, 3.05) is 23.4 Å². The average Bonchev–Trinajstić information content (AvgIpc) is 3.18. The van der Waals surface area contributed by atoms with Gasteiger partial charge >= 0.3 is 12.0 Å². The van der Waals surface area contributed by atoms with Gasteiger partial charge in [0.1, 0.15) is 11.5 Å². The quantitative estimate of drug-likeness (QED) is 0.0786. The molecule has 0 aliphatic rings. The van der Waals surface area contributed by atoms with Gasteiger partial charge in [0.15, 0.2) is 0 Å². The molecule has 9 nitrogen and oxygen atoms in total. The second-order valence-corrected chi connectivity index (χ2v) is 22.1. The standard InChI is InChI=1S/C55H77N5O4/c1-36(2)31-37(3)60(42-27-25-41(26-28-42)56-40-23-17-16-18-24-40)49-57-50(63-29-19-21-38-32-43(52(4,5)6)47(61)44(33-38)53(7,8)9)59-51(58-49)64-30-20-22-39-34-45(54(10,11)12)48(62)46(35-39)55(13,14)15/h16-18,23-28,32-37,56,61-62H,19-22,29-31H2,1-15H3. The molecule has 64 heavy (non-hydrogen) atoms. The van der Waals surface area contributed by atoms with E-state index in [4.69, 9.17) is 24.4 Å². The molecular formula is C55H77N5O4. The predicted molar refractivity (Wildman–Crippen MR) is 266 cm³/mol. The Bertz CT molecular complexity index is 2120. The maximum atomic E-state index is 11.3. The number of hydrogen-bond donors (Lipinski definition) is 3. The minimum absolute atomic E-state index is 0.0445. The van der Waals surface area contributed by atoms with Crippen LogP contribution in [0.15, 0.2) is 78.9 Å². The third-order valence-electron chi connectivity index (χ3n) is 11.5. The zero-order valence-corrected chi connectivity index (χ0v) is 41.6. The highest BCUT2D eigenvalue weighted by molar-refractivity contribution is 5.66. The molecule has 3 N–H and O–H groups in total. The van der Waals surface area contributed by atoms with E-state index in [1.807, 2.05) is 30.3 Å². The summed E-state index contributed by atoms with van der Waals surface area (Å²) in [6.45, 7) is 33.1. The van der Waals surface area contributed by atoms with Gasteiger partial charge in [-0.15, -0.1) is 4.98 Å². The molecule has 0 bridgehead atoms. The molecule has 346 valence electrons. The summed E-state index contributed by atoms with van der Waals surface area (Å²) in [4.78, 5) is 16.8. The Labute approximate surface area is 385 Å². The summed E-state index contributed by atoms with van der Waals surface area (Å²) in [6, 6.07) is 27.5. The average molecular weight is 872 g/mol. The third-order valence-corrected chi connectivity index (χ3v) is 11.5. The lowest BCUT2D eigenvalue weighted by molar-refractivity contribution is 0.257. The van der Waals surface area contributed by atoms with Gasteiger partial charge in [0, 0.05) is 23.1 Å². The second-order valence-electron chi connectivity index (χ2n) is 22.1. The van der Waals surface area contributed by atoms with Gasteiger partial charge in [-0.1, -0.05) is 139 Å². The van der Waals surface area contributed by atoms with E-state index in [0.717, 1.165) is 82.5 Å². The van der Waals surface area contributed by atoms with Crippen LogP contribution in [0.5, 0.6) is 23.5 Å². The summed E-state index contributed by atoms with van der Waals surface area (Å²) >= 11 is 0. The molecule has 0 spiro atoms. The number of nitrogens with one attached hydrogen (secondary N) is 1. The number of aromatic nitrogens is 3. The molecule has 0 aliphatic heterocycles. The fourth-order valence-electron chi connectivity index (χ4n) is 8.16. The summed E-state index contributed by atoms with van der Waals surface area (Å²) in [6.07, 6.45) is 3.87. The molecule has 1 aromatic heterocycles. The fraction of sp³-hybridized carbons (Fsp3) is 0.509. The van der Waals surface area contributed by atoms with Gasteiger partial charge in [-0.2, -0.15) is 9.97 Å². The smallest absolute Gasteiger partial charge is 0.324 e. The largest absolute Gasteiger partial charge is 0.507 e. The van der Waals surface area contributed by atoms with E-state index in [1.165, 1.54) is 0 Å². The minimum Gasteiger partial charge on any atom is -0.507 e. The van der Waals surface area contributed by atoms with Crippen LogP contribution in [0.2, 0.25) is 0 Å². The van der Waals surface area contributed by atoms with Gasteiger partial charge in [0.05, 0.1) is 13.2 Å². The molecule has 1 unspecified atom stereocenters. The summed E-state index contributed by atoms with van der Waals surface area (Å²) in [5.74, 6) is 1.66. The Kier molecular flexibility index (Phi) is 15.7. The van der Waals surface area contributed by atoms with E-state index < -0.39 is 0 Å². The van der Waals surface area contributed by atoms with Crippen molar-refractivity contribution in [3.63, 3.8) is 0 Å². The van der Waals surface area contributed by atoms with Crippen LogP contribution in [0.3, 0.4) is 0 Å². The summed E-state index contributed by atoms with van der Waals surface area (Å²) in [5.41, 5.74) is 8.24. The van der Waals surface area contributed by atoms with Gasteiger partial charge in [-0.05, 0) is 136 Å². The normalized spacial score (nSPS) is 12.9. The van der Waals surface area contributed by atoms with Crippen molar-refractivity contribution in [1.82, 2.24) is 15.0 Å². The number of ether oxygens (including phenoxy) is 2. The highest BCUT2D eigenvalue weighted by Crippen LogP contribution is 2.42. The molecular weight excluding hydrogens is 795 g/mol. The molecule has 0 radical (unpaired) electrons. The summed E-state index contributed by atoms with van der Waals surface area (Å²) < 4.78 is 12.8. The maximum Gasteiger partial charge on any atom is 0.324 e. The number of rotatable bonds is 17. The summed E-state index contributed by atoms with van der Waals surface area (Å²) in [7, 11) is 0. The molecule has 4 aromatic carbocycles. The number of phenolic OH excluding ortho intramolecular Hbond substituents is 2. The van der Waals surface area contributed by atoms with Crippen LogP contribution >= 0.6 is 0 Å². The van der Waals surface area contributed by atoms with Gasteiger partial charge in [-0.3, -0.25) is 0 Å². The fourth-order valence-corrected chi connectivity index (χ4v) is 8.16. The molecule has 0 fully saturated rings. The van der Waals surface area contributed by atoms with Crippen molar-refractivity contribution in [2.24, 2.45) is 5.92 Å². The van der Waals surface area contributed by atoms with Crippen LogP contribution in [0, 0.1) is 5.92 Å². The van der Waals surface area contributed by atoms with Crippen molar-refractivity contribution in [2.45, 2.75) is 164 Å². The van der Waals surface area contributed by atoms with Crippen molar-refractivity contribution < 1.29 is 19.7 Å². The molecule has 0 aliphatic carbocycles.